The standard InChI is InChI=1S/C25H33NO3/c1-2-3-4-11-16-22(27)25-23(29-19-21-14-9-6-10-15-21)17-24(28)26(25)18-20-12-7-5-8-13-20/h5-10,12-15,22-23,25,27H,2-4,11,16-19H2,1H3/t22-,23+,25+/m1/s1. The molecule has 4 nitrogen and oxygen atoms in total. The molecule has 1 saturated heterocycles. The number of hydrogen-bond acceptors (Lipinski definition) is 3. The maximum atomic E-state index is 12.8. The number of amides is 1. The molecule has 3 atom stereocenters. The van der Waals surface area contributed by atoms with Crippen molar-refractivity contribution in [2.24, 2.45) is 0 Å². The Morgan fingerprint density at radius 1 is 1.00 bits per heavy atom. The van der Waals surface area contributed by atoms with E-state index in [1.165, 1.54) is 12.8 Å². The van der Waals surface area contributed by atoms with E-state index in [4.69, 9.17) is 4.74 Å². The Balaban J connectivity index is 1.70. The molecule has 1 fully saturated rings. The highest BCUT2D eigenvalue weighted by atomic mass is 16.5. The molecule has 1 amide bonds. The monoisotopic (exact) mass is 395 g/mol. The number of aliphatic hydroxyl groups excluding tert-OH is 1. The third-order valence-electron chi connectivity index (χ3n) is 5.69. The fourth-order valence-corrected chi connectivity index (χ4v) is 4.09. The van der Waals surface area contributed by atoms with E-state index in [0.717, 1.165) is 24.0 Å². The molecule has 156 valence electrons. The number of carbonyl (C=O) groups excluding carboxylic acids is 1. The first-order valence-electron chi connectivity index (χ1n) is 10.9. The van der Waals surface area contributed by atoms with E-state index < -0.39 is 6.10 Å². The van der Waals surface area contributed by atoms with Crippen molar-refractivity contribution >= 4 is 5.91 Å². The van der Waals surface area contributed by atoms with Crippen LogP contribution in [0.15, 0.2) is 60.7 Å². The number of hydrogen-bond donors (Lipinski definition) is 1. The molecule has 1 aliphatic heterocycles. The second-order valence-corrected chi connectivity index (χ2v) is 7.95. The Morgan fingerprint density at radius 2 is 1.66 bits per heavy atom. The quantitative estimate of drug-likeness (QED) is 0.561. The average Bonchev–Trinajstić information content (AvgIpc) is 3.06. The molecule has 0 unspecified atom stereocenters. The molecule has 1 aliphatic rings. The van der Waals surface area contributed by atoms with Gasteiger partial charge in [0.15, 0.2) is 0 Å². The first-order valence-corrected chi connectivity index (χ1v) is 10.9. The van der Waals surface area contributed by atoms with Crippen LogP contribution >= 0.6 is 0 Å². The molecule has 29 heavy (non-hydrogen) atoms. The molecule has 1 heterocycles. The summed E-state index contributed by atoms with van der Waals surface area (Å²) in [5.41, 5.74) is 2.16. The van der Waals surface area contributed by atoms with Crippen molar-refractivity contribution in [3.63, 3.8) is 0 Å². The zero-order valence-corrected chi connectivity index (χ0v) is 17.4. The predicted octanol–water partition coefficient (Wildman–Crippen LogP) is 4.70. The van der Waals surface area contributed by atoms with Gasteiger partial charge >= 0.3 is 0 Å². The van der Waals surface area contributed by atoms with E-state index in [-0.39, 0.29) is 18.1 Å². The van der Waals surface area contributed by atoms with Gasteiger partial charge in [0.05, 0.1) is 31.3 Å². The number of benzene rings is 2. The first-order chi connectivity index (χ1) is 14.2. The van der Waals surface area contributed by atoms with Gasteiger partial charge in [-0.25, -0.2) is 0 Å². The van der Waals surface area contributed by atoms with E-state index in [1.54, 1.807) is 0 Å². The Bertz CT molecular complexity index is 734. The van der Waals surface area contributed by atoms with Gasteiger partial charge in [-0.1, -0.05) is 93.3 Å². The average molecular weight is 396 g/mol. The van der Waals surface area contributed by atoms with Gasteiger partial charge in [0.2, 0.25) is 5.91 Å². The minimum Gasteiger partial charge on any atom is -0.391 e. The molecule has 0 aliphatic carbocycles. The molecule has 3 rings (SSSR count). The highest BCUT2D eigenvalue weighted by molar-refractivity contribution is 5.80. The number of nitrogens with zero attached hydrogens (tertiary/aromatic N) is 1. The topological polar surface area (TPSA) is 49.8 Å². The highest BCUT2D eigenvalue weighted by Gasteiger charge is 2.44. The molecule has 2 aromatic rings. The summed E-state index contributed by atoms with van der Waals surface area (Å²) in [6, 6.07) is 19.7. The van der Waals surface area contributed by atoms with Crippen molar-refractivity contribution in [2.75, 3.05) is 0 Å². The number of aliphatic hydroxyl groups is 1. The van der Waals surface area contributed by atoms with Crippen LogP contribution in [0, 0.1) is 0 Å². The number of rotatable bonds is 11. The van der Waals surface area contributed by atoms with Crippen LogP contribution in [0.1, 0.15) is 56.6 Å². The molecule has 0 saturated carbocycles. The Morgan fingerprint density at radius 3 is 2.31 bits per heavy atom. The van der Waals surface area contributed by atoms with Crippen molar-refractivity contribution in [1.82, 2.24) is 4.90 Å². The summed E-state index contributed by atoms with van der Waals surface area (Å²) in [6.07, 6.45) is 4.62. The molecule has 1 N–H and O–H groups in total. The summed E-state index contributed by atoms with van der Waals surface area (Å²) < 4.78 is 6.17. The zero-order valence-electron chi connectivity index (χ0n) is 17.4. The van der Waals surface area contributed by atoms with Gasteiger partial charge in [-0.15, -0.1) is 0 Å². The summed E-state index contributed by atoms with van der Waals surface area (Å²) in [5.74, 6) is 0.0597. The van der Waals surface area contributed by atoms with Crippen LogP contribution in [-0.2, 0) is 22.7 Å². The Hall–Kier alpha value is -2.17. The van der Waals surface area contributed by atoms with E-state index >= 15 is 0 Å². The third kappa shape index (κ3) is 6.15. The molecule has 0 aromatic heterocycles. The van der Waals surface area contributed by atoms with Crippen LogP contribution in [0.4, 0.5) is 0 Å². The number of carbonyl (C=O) groups is 1. The lowest BCUT2D eigenvalue weighted by Crippen LogP contribution is -2.46. The van der Waals surface area contributed by atoms with Gasteiger partial charge in [0, 0.05) is 6.54 Å². The predicted molar refractivity (Wildman–Crippen MR) is 115 cm³/mol. The van der Waals surface area contributed by atoms with Gasteiger partial charge < -0.3 is 14.7 Å². The maximum absolute atomic E-state index is 12.8. The summed E-state index contributed by atoms with van der Waals surface area (Å²) in [5, 5.41) is 11.0. The van der Waals surface area contributed by atoms with Crippen LogP contribution in [-0.4, -0.2) is 34.2 Å². The van der Waals surface area contributed by atoms with Crippen molar-refractivity contribution in [2.45, 2.75) is 76.9 Å². The molecular weight excluding hydrogens is 362 g/mol. The lowest BCUT2D eigenvalue weighted by Gasteiger charge is -2.32. The SMILES string of the molecule is CCCCCC[C@@H](O)[C@H]1[C@@H](OCc2ccccc2)CC(=O)N1Cc1ccccc1. The number of unbranched alkanes of at least 4 members (excludes halogenated alkanes) is 3. The van der Waals surface area contributed by atoms with Gasteiger partial charge in [0.25, 0.3) is 0 Å². The summed E-state index contributed by atoms with van der Waals surface area (Å²) in [4.78, 5) is 14.7. The Kier molecular flexibility index (Phi) is 8.26. The molecule has 4 heteroatoms. The van der Waals surface area contributed by atoms with E-state index in [9.17, 15) is 9.90 Å². The largest absolute Gasteiger partial charge is 0.391 e. The second kappa shape index (κ2) is 11.1. The summed E-state index contributed by atoms with van der Waals surface area (Å²) in [7, 11) is 0. The van der Waals surface area contributed by atoms with Crippen LogP contribution in [0.5, 0.6) is 0 Å². The van der Waals surface area contributed by atoms with E-state index in [0.29, 0.717) is 26.0 Å². The smallest absolute Gasteiger partial charge is 0.226 e. The van der Waals surface area contributed by atoms with Crippen LogP contribution in [0.2, 0.25) is 0 Å². The van der Waals surface area contributed by atoms with Crippen molar-refractivity contribution in [3.05, 3.63) is 71.8 Å². The van der Waals surface area contributed by atoms with Crippen molar-refractivity contribution in [3.8, 4) is 0 Å². The fourth-order valence-electron chi connectivity index (χ4n) is 4.09. The maximum Gasteiger partial charge on any atom is 0.226 e. The molecular formula is C25H33NO3. The molecule has 0 bridgehead atoms. The van der Waals surface area contributed by atoms with Crippen molar-refractivity contribution in [1.29, 1.82) is 0 Å². The molecule has 2 aromatic carbocycles. The van der Waals surface area contributed by atoms with Gasteiger partial charge in [-0.3, -0.25) is 4.79 Å². The second-order valence-electron chi connectivity index (χ2n) is 7.95. The number of likely N-dealkylation sites (tertiary alicyclic amines) is 1. The Labute approximate surface area is 174 Å². The van der Waals surface area contributed by atoms with E-state index in [2.05, 4.69) is 6.92 Å². The van der Waals surface area contributed by atoms with Gasteiger partial charge in [0.1, 0.15) is 0 Å². The molecule has 0 spiro atoms. The van der Waals surface area contributed by atoms with Gasteiger partial charge in [-0.05, 0) is 17.5 Å². The lowest BCUT2D eigenvalue weighted by atomic mass is 9.99. The summed E-state index contributed by atoms with van der Waals surface area (Å²) >= 11 is 0. The zero-order chi connectivity index (χ0) is 20.5. The minimum absolute atomic E-state index is 0.0597. The first kappa shape index (κ1) is 21.5. The van der Waals surface area contributed by atoms with Crippen LogP contribution < -0.4 is 0 Å². The normalized spacial score (nSPS) is 20.2. The van der Waals surface area contributed by atoms with Crippen LogP contribution in [0.25, 0.3) is 0 Å². The third-order valence-corrected chi connectivity index (χ3v) is 5.69. The van der Waals surface area contributed by atoms with E-state index in [1.807, 2.05) is 65.6 Å². The van der Waals surface area contributed by atoms with Crippen molar-refractivity contribution < 1.29 is 14.6 Å². The lowest BCUT2D eigenvalue weighted by molar-refractivity contribution is -0.131. The summed E-state index contributed by atoms with van der Waals surface area (Å²) in [6.45, 7) is 3.15. The minimum atomic E-state index is -0.567. The molecule has 0 radical (unpaired) electrons. The highest BCUT2D eigenvalue weighted by Crippen LogP contribution is 2.29. The number of ether oxygens (including phenoxy) is 1. The van der Waals surface area contributed by atoms with Gasteiger partial charge in [-0.2, -0.15) is 0 Å². The van der Waals surface area contributed by atoms with Crippen LogP contribution in [0.3, 0.4) is 0 Å². The fraction of sp³-hybridized carbons (Fsp3) is 0.480.